The van der Waals surface area contributed by atoms with Gasteiger partial charge in [-0.3, -0.25) is 0 Å². The fourth-order valence-electron chi connectivity index (χ4n) is 1.94. The van der Waals surface area contributed by atoms with Crippen molar-refractivity contribution in [2.24, 2.45) is 0 Å². The van der Waals surface area contributed by atoms with Gasteiger partial charge in [-0.05, 0) is 26.7 Å². The molecule has 0 amide bonds. The summed E-state index contributed by atoms with van der Waals surface area (Å²) in [6.45, 7) is 5.10. The average Bonchev–Trinajstić information content (AvgIpc) is 2.31. The van der Waals surface area contributed by atoms with Gasteiger partial charge in [0, 0.05) is 12.6 Å². The Morgan fingerprint density at radius 1 is 1.29 bits per heavy atom. The van der Waals surface area contributed by atoms with Gasteiger partial charge < -0.3 is 10.4 Å². The van der Waals surface area contributed by atoms with Crippen molar-refractivity contribution in [1.82, 2.24) is 5.32 Å². The summed E-state index contributed by atoms with van der Waals surface area (Å²) < 4.78 is 0. The highest BCUT2D eigenvalue weighted by atomic mass is 16.3. The molecule has 0 bridgehead atoms. The third kappa shape index (κ3) is 4.25. The van der Waals surface area contributed by atoms with Gasteiger partial charge in [-0.1, -0.05) is 30.9 Å². The highest BCUT2D eigenvalue weighted by molar-refractivity contribution is 4.95. The van der Waals surface area contributed by atoms with Crippen molar-refractivity contribution in [3.63, 3.8) is 0 Å². The standard InChI is InChI=1S/C12H23NO/c1-10(2)8-9-13-11-6-4-3-5-7-12(11)14/h8,11-14H,3-7,9H2,1-2H3. The van der Waals surface area contributed by atoms with E-state index in [1.54, 1.807) is 0 Å². The Hall–Kier alpha value is -0.340. The van der Waals surface area contributed by atoms with Crippen molar-refractivity contribution >= 4 is 0 Å². The molecule has 0 radical (unpaired) electrons. The van der Waals surface area contributed by atoms with Crippen LogP contribution in [-0.4, -0.2) is 23.8 Å². The van der Waals surface area contributed by atoms with Crippen LogP contribution in [0.15, 0.2) is 11.6 Å². The zero-order valence-electron chi connectivity index (χ0n) is 9.42. The van der Waals surface area contributed by atoms with Gasteiger partial charge in [-0.25, -0.2) is 0 Å². The van der Waals surface area contributed by atoms with Crippen LogP contribution in [0.25, 0.3) is 0 Å². The van der Waals surface area contributed by atoms with Gasteiger partial charge in [-0.2, -0.15) is 0 Å². The number of aliphatic hydroxyl groups is 1. The largest absolute Gasteiger partial charge is 0.392 e. The monoisotopic (exact) mass is 197 g/mol. The third-order valence-electron chi connectivity index (χ3n) is 2.87. The minimum Gasteiger partial charge on any atom is -0.392 e. The second kappa shape index (κ2) is 6.20. The summed E-state index contributed by atoms with van der Waals surface area (Å²) in [7, 11) is 0. The Morgan fingerprint density at radius 2 is 2.00 bits per heavy atom. The number of rotatable bonds is 3. The van der Waals surface area contributed by atoms with E-state index >= 15 is 0 Å². The van der Waals surface area contributed by atoms with Crippen LogP contribution in [0.4, 0.5) is 0 Å². The van der Waals surface area contributed by atoms with E-state index in [1.807, 2.05) is 0 Å². The van der Waals surface area contributed by atoms with Crippen molar-refractivity contribution in [3.8, 4) is 0 Å². The van der Waals surface area contributed by atoms with E-state index in [0.29, 0.717) is 6.04 Å². The molecule has 2 N–H and O–H groups in total. The van der Waals surface area contributed by atoms with Gasteiger partial charge in [0.1, 0.15) is 0 Å². The third-order valence-corrected chi connectivity index (χ3v) is 2.87. The SMILES string of the molecule is CC(C)=CCNC1CCCCCC1O. The second-order valence-electron chi connectivity index (χ2n) is 4.50. The fraction of sp³-hybridized carbons (Fsp3) is 0.833. The lowest BCUT2D eigenvalue weighted by Crippen LogP contribution is -2.39. The topological polar surface area (TPSA) is 32.3 Å². The summed E-state index contributed by atoms with van der Waals surface area (Å²) in [5, 5.41) is 13.2. The molecule has 1 rings (SSSR count). The molecule has 2 nitrogen and oxygen atoms in total. The van der Waals surface area contributed by atoms with Crippen LogP contribution < -0.4 is 5.32 Å². The number of allylic oxidation sites excluding steroid dienone is 1. The van der Waals surface area contributed by atoms with Crippen LogP contribution in [0.5, 0.6) is 0 Å². The van der Waals surface area contributed by atoms with Gasteiger partial charge >= 0.3 is 0 Å². The van der Waals surface area contributed by atoms with Crippen LogP contribution in [0.2, 0.25) is 0 Å². The molecule has 2 atom stereocenters. The molecule has 1 fully saturated rings. The first kappa shape index (κ1) is 11.7. The molecule has 0 heterocycles. The summed E-state index contributed by atoms with van der Waals surface area (Å²) in [6.07, 6.45) is 7.84. The van der Waals surface area contributed by atoms with E-state index < -0.39 is 0 Å². The van der Waals surface area contributed by atoms with Gasteiger partial charge in [0.05, 0.1) is 6.10 Å². The van der Waals surface area contributed by atoms with Crippen LogP contribution in [0.3, 0.4) is 0 Å². The number of nitrogens with one attached hydrogen (secondary N) is 1. The fourth-order valence-corrected chi connectivity index (χ4v) is 1.94. The summed E-state index contributed by atoms with van der Waals surface area (Å²) in [4.78, 5) is 0. The Bertz CT molecular complexity index is 185. The Morgan fingerprint density at radius 3 is 2.71 bits per heavy atom. The molecule has 82 valence electrons. The summed E-state index contributed by atoms with van der Waals surface area (Å²) >= 11 is 0. The van der Waals surface area contributed by atoms with Gasteiger partial charge in [-0.15, -0.1) is 0 Å². The molecule has 2 unspecified atom stereocenters. The molecule has 1 aliphatic carbocycles. The lowest BCUT2D eigenvalue weighted by Gasteiger charge is -2.21. The Kier molecular flexibility index (Phi) is 5.20. The molecule has 0 aromatic heterocycles. The lowest BCUT2D eigenvalue weighted by atomic mass is 10.1. The first-order valence-corrected chi connectivity index (χ1v) is 5.75. The van der Waals surface area contributed by atoms with Gasteiger partial charge in [0.25, 0.3) is 0 Å². The maximum atomic E-state index is 9.83. The van der Waals surface area contributed by atoms with Crippen LogP contribution in [-0.2, 0) is 0 Å². The molecule has 1 aliphatic rings. The molecule has 0 aliphatic heterocycles. The maximum absolute atomic E-state index is 9.83. The summed E-state index contributed by atoms with van der Waals surface area (Å²) in [6, 6.07) is 0.313. The smallest absolute Gasteiger partial charge is 0.0693 e. The predicted molar refractivity (Wildman–Crippen MR) is 60.3 cm³/mol. The van der Waals surface area contributed by atoms with E-state index in [9.17, 15) is 5.11 Å². The molecular weight excluding hydrogens is 174 g/mol. The van der Waals surface area contributed by atoms with Crippen LogP contribution in [0.1, 0.15) is 46.0 Å². The van der Waals surface area contributed by atoms with Crippen molar-refractivity contribution < 1.29 is 5.11 Å². The van der Waals surface area contributed by atoms with Gasteiger partial charge in [0.15, 0.2) is 0 Å². The Balaban J connectivity index is 2.29. The molecule has 14 heavy (non-hydrogen) atoms. The van der Waals surface area contributed by atoms with Crippen molar-refractivity contribution in [2.45, 2.75) is 58.1 Å². The summed E-state index contributed by atoms with van der Waals surface area (Å²) in [5.74, 6) is 0. The highest BCUT2D eigenvalue weighted by Crippen LogP contribution is 2.17. The Labute approximate surface area is 87.4 Å². The first-order valence-electron chi connectivity index (χ1n) is 5.75. The zero-order chi connectivity index (χ0) is 10.4. The van der Waals surface area contributed by atoms with E-state index in [0.717, 1.165) is 19.4 Å². The van der Waals surface area contributed by atoms with E-state index in [1.165, 1.54) is 24.8 Å². The van der Waals surface area contributed by atoms with Crippen LogP contribution >= 0.6 is 0 Å². The molecular formula is C12H23NO. The molecule has 0 aromatic rings. The van der Waals surface area contributed by atoms with E-state index in [4.69, 9.17) is 0 Å². The van der Waals surface area contributed by atoms with Crippen molar-refractivity contribution in [3.05, 3.63) is 11.6 Å². The van der Waals surface area contributed by atoms with E-state index in [2.05, 4.69) is 25.2 Å². The summed E-state index contributed by atoms with van der Waals surface area (Å²) in [5.41, 5.74) is 1.33. The van der Waals surface area contributed by atoms with Crippen molar-refractivity contribution in [2.75, 3.05) is 6.54 Å². The number of hydrogen-bond donors (Lipinski definition) is 2. The number of hydrogen-bond acceptors (Lipinski definition) is 2. The molecule has 0 spiro atoms. The molecule has 1 saturated carbocycles. The minimum absolute atomic E-state index is 0.136. The minimum atomic E-state index is -0.136. The highest BCUT2D eigenvalue weighted by Gasteiger charge is 2.19. The molecule has 0 aromatic carbocycles. The molecule has 0 saturated heterocycles. The van der Waals surface area contributed by atoms with Crippen LogP contribution in [0, 0.1) is 0 Å². The molecule has 2 heteroatoms. The van der Waals surface area contributed by atoms with Gasteiger partial charge in [0.2, 0.25) is 0 Å². The maximum Gasteiger partial charge on any atom is 0.0693 e. The zero-order valence-corrected chi connectivity index (χ0v) is 9.42. The number of aliphatic hydroxyl groups excluding tert-OH is 1. The van der Waals surface area contributed by atoms with E-state index in [-0.39, 0.29) is 6.10 Å². The van der Waals surface area contributed by atoms with Crippen molar-refractivity contribution in [1.29, 1.82) is 0 Å². The normalized spacial score (nSPS) is 28.2. The average molecular weight is 197 g/mol. The lowest BCUT2D eigenvalue weighted by molar-refractivity contribution is 0.122. The first-order chi connectivity index (χ1) is 6.70. The second-order valence-corrected chi connectivity index (χ2v) is 4.50. The predicted octanol–water partition coefficient (Wildman–Crippen LogP) is 2.24. The quantitative estimate of drug-likeness (QED) is 0.537.